The van der Waals surface area contributed by atoms with Crippen LogP contribution in [0.5, 0.6) is 0 Å². The molecule has 1 aromatic carbocycles. The maximum atomic E-state index is 12.5. The van der Waals surface area contributed by atoms with Crippen LogP contribution in [-0.4, -0.2) is 62.9 Å². The van der Waals surface area contributed by atoms with Crippen molar-refractivity contribution in [3.8, 4) is 11.1 Å². The van der Waals surface area contributed by atoms with Gasteiger partial charge < -0.3 is 24.8 Å². The van der Waals surface area contributed by atoms with Crippen molar-refractivity contribution < 1.29 is 14.1 Å². The number of ether oxygens (including phenoxy) is 1. The summed E-state index contributed by atoms with van der Waals surface area (Å²) in [5, 5.41) is 4.43. The predicted molar refractivity (Wildman–Crippen MR) is 147 cm³/mol. The second-order valence-corrected chi connectivity index (χ2v) is 11.5. The highest BCUT2D eigenvalue weighted by Gasteiger charge is 2.38. The fourth-order valence-corrected chi connectivity index (χ4v) is 4.70. The van der Waals surface area contributed by atoms with Gasteiger partial charge >= 0.3 is 12.1 Å². The molecule has 1 fully saturated rings. The molecule has 1 atom stereocenters. The molecule has 0 spiro atoms. The molecular weight excluding hydrogens is 482 g/mol. The average Bonchev–Trinajstić information content (AvgIpc) is 3.38. The fourth-order valence-electron chi connectivity index (χ4n) is 4.70. The Morgan fingerprint density at radius 3 is 2.24 bits per heavy atom. The van der Waals surface area contributed by atoms with Crippen LogP contribution in [0.3, 0.4) is 0 Å². The van der Waals surface area contributed by atoms with Gasteiger partial charge in [-0.3, -0.25) is 0 Å². The number of nitrogen functional groups attached to an aromatic ring is 1. The minimum absolute atomic E-state index is 0.106. The first-order valence-corrected chi connectivity index (χ1v) is 13.1. The lowest BCUT2D eigenvalue weighted by molar-refractivity contribution is 0.0200. The molecule has 1 aliphatic rings. The first-order valence-electron chi connectivity index (χ1n) is 13.1. The van der Waals surface area contributed by atoms with Crippen LogP contribution in [0.25, 0.3) is 11.1 Å². The van der Waals surface area contributed by atoms with Crippen LogP contribution in [0.15, 0.2) is 41.2 Å². The number of anilines is 2. The van der Waals surface area contributed by atoms with Gasteiger partial charge in [0, 0.05) is 44.1 Å². The normalized spacial score (nSPS) is 16.4. The van der Waals surface area contributed by atoms with Gasteiger partial charge in [0.15, 0.2) is 5.82 Å². The highest BCUT2D eigenvalue weighted by molar-refractivity contribution is 5.68. The average molecular weight is 522 g/mol. The molecule has 2 aromatic heterocycles. The number of carbonyl (C=O) groups is 1. The van der Waals surface area contributed by atoms with Crippen LogP contribution >= 0.6 is 0 Å². The van der Waals surface area contributed by atoms with Crippen LogP contribution < -0.4 is 10.6 Å². The molecule has 10 nitrogen and oxygen atoms in total. The smallest absolute Gasteiger partial charge is 0.410 e. The summed E-state index contributed by atoms with van der Waals surface area (Å²) in [6.45, 7) is 13.5. The molecule has 1 unspecified atom stereocenters. The molecule has 0 aliphatic carbocycles. The summed E-state index contributed by atoms with van der Waals surface area (Å²) < 4.78 is 11.3. The van der Waals surface area contributed by atoms with E-state index in [1.807, 2.05) is 20.8 Å². The van der Waals surface area contributed by atoms with Crippen LogP contribution in [-0.2, 0) is 10.2 Å². The van der Waals surface area contributed by atoms with E-state index >= 15 is 0 Å². The van der Waals surface area contributed by atoms with Gasteiger partial charge in [-0.25, -0.2) is 14.8 Å². The third-order valence-electron chi connectivity index (χ3n) is 7.49. The molecule has 0 bridgehead atoms. The largest absolute Gasteiger partial charge is 0.444 e. The van der Waals surface area contributed by atoms with E-state index in [0.29, 0.717) is 11.8 Å². The summed E-state index contributed by atoms with van der Waals surface area (Å²) in [7, 11) is 1.80. The van der Waals surface area contributed by atoms with E-state index in [4.69, 9.17) is 20.0 Å². The van der Waals surface area contributed by atoms with Crippen molar-refractivity contribution in [3.05, 3.63) is 48.0 Å². The number of nitrogens with zero attached hydrogens (tertiary/aromatic N) is 6. The molecule has 2 N–H and O–H groups in total. The van der Waals surface area contributed by atoms with Crippen molar-refractivity contribution in [1.29, 1.82) is 0 Å². The molecule has 4 rings (SSSR count). The summed E-state index contributed by atoms with van der Waals surface area (Å²) in [6.07, 6.45) is 4.74. The SMILES string of the molecule is CC(C)C(C)(c1ccc(-c2cnc(N)nc2)cc1)c1noc(N2CCC(N(C)C(=O)OC(C)(C)C)CC2)n1. The van der Waals surface area contributed by atoms with E-state index in [2.05, 4.69) is 65.1 Å². The van der Waals surface area contributed by atoms with E-state index in [1.165, 1.54) is 0 Å². The highest BCUT2D eigenvalue weighted by atomic mass is 16.6. The quantitative estimate of drug-likeness (QED) is 0.482. The first kappa shape index (κ1) is 27.3. The number of aromatic nitrogens is 4. The Balaban J connectivity index is 1.47. The Morgan fingerprint density at radius 1 is 1.08 bits per heavy atom. The Morgan fingerprint density at radius 2 is 1.68 bits per heavy atom. The Hall–Kier alpha value is -3.69. The van der Waals surface area contributed by atoms with Gasteiger partial charge in [0.2, 0.25) is 5.95 Å². The topological polar surface area (TPSA) is 124 Å². The third kappa shape index (κ3) is 5.74. The number of amides is 1. The molecule has 3 aromatic rings. The third-order valence-corrected chi connectivity index (χ3v) is 7.49. The maximum absolute atomic E-state index is 12.5. The summed E-state index contributed by atoms with van der Waals surface area (Å²) in [4.78, 5) is 29.3. The second-order valence-electron chi connectivity index (χ2n) is 11.5. The van der Waals surface area contributed by atoms with Gasteiger partial charge in [0.1, 0.15) is 5.60 Å². The number of rotatable bonds is 6. The highest BCUT2D eigenvalue weighted by Crippen LogP contribution is 2.39. The summed E-state index contributed by atoms with van der Waals surface area (Å²) in [6, 6.07) is 8.92. The van der Waals surface area contributed by atoms with Crippen molar-refractivity contribution in [2.75, 3.05) is 30.8 Å². The molecule has 3 heterocycles. The van der Waals surface area contributed by atoms with Crippen molar-refractivity contribution in [2.24, 2.45) is 5.92 Å². The summed E-state index contributed by atoms with van der Waals surface area (Å²) >= 11 is 0. The van der Waals surface area contributed by atoms with E-state index in [9.17, 15) is 4.79 Å². The fraction of sp³-hybridized carbons (Fsp3) is 0.536. The maximum Gasteiger partial charge on any atom is 0.410 e. The van der Waals surface area contributed by atoms with E-state index in [-0.39, 0.29) is 24.0 Å². The minimum atomic E-state index is -0.514. The monoisotopic (exact) mass is 521 g/mol. The van der Waals surface area contributed by atoms with Crippen molar-refractivity contribution in [3.63, 3.8) is 0 Å². The molecule has 204 valence electrons. The van der Waals surface area contributed by atoms with Gasteiger partial charge in [0.05, 0.1) is 5.41 Å². The van der Waals surface area contributed by atoms with E-state index in [1.54, 1.807) is 24.3 Å². The zero-order valence-corrected chi connectivity index (χ0v) is 23.4. The number of hydrogen-bond acceptors (Lipinski definition) is 9. The molecule has 10 heteroatoms. The molecule has 0 saturated carbocycles. The van der Waals surface area contributed by atoms with Crippen molar-refractivity contribution >= 4 is 18.1 Å². The molecule has 1 aliphatic heterocycles. The second kappa shape index (κ2) is 10.6. The lowest BCUT2D eigenvalue weighted by atomic mass is 9.72. The Bertz CT molecular complexity index is 1230. The Kier molecular flexibility index (Phi) is 7.62. The van der Waals surface area contributed by atoms with Crippen LogP contribution in [0.1, 0.15) is 65.8 Å². The van der Waals surface area contributed by atoms with E-state index in [0.717, 1.165) is 42.6 Å². The van der Waals surface area contributed by atoms with E-state index < -0.39 is 11.0 Å². The van der Waals surface area contributed by atoms with Gasteiger partial charge in [-0.2, -0.15) is 4.98 Å². The Labute approximate surface area is 224 Å². The number of benzene rings is 1. The van der Waals surface area contributed by atoms with Gasteiger partial charge in [-0.1, -0.05) is 43.3 Å². The predicted octanol–water partition coefficient (Wildman–Crippen LogP) is 4.91. The van der Waals surface area contributed by atoms with Gasteiger partial charge in [-0.05, 0) is 57.6 Å². The lowest BCUT2D eigenvalue weighted by Gasteiger charge is -2.36. The molecule has 38 heavy (non-hydrogen) atoms. The standard InChI is InChI=1S/C28H39N7O3/c1-18(2)28(6,21-10-8-19(9-11-21)20-16-30-24(29)31-17-20)23-32-25(38-33-23)35-14-12-22(13-15-35)34(7)26(36)37-27(3,4)5/h8-11,16-18,22H,12-15H2,1-7H3,(H2,29,30,31). The first-order chi connectivity index (χ1) is 17.9. The van der Waals surface area contributed by atoms with Gasteiger partial charge in [-0.15, -0.1) is 0 Å². The number of piperidine rings is 1. The lowest BCUT2D eigenvalue weighted by Crippen LogP contribution is -2.47. The van der Waals surface area contributed by atoms with Crippen molar-refractivity contribution in [2.45, 2.75) is 71.4 Å². The van der Waals surface area contributed by atoms with Crippen LogP contribution in [0.4, 0.5) is 16.8 Å². The number of hydrogen-bond donors (Lipinski definition) is 1. The summed E-state index contributed by atoms with van der Waals surface area (Å²) in [5.74, 6) is 1.12. The van der Waals surface area contributed by atoms with Crippen LogP contribution in [0, 0.1) is 5.92 Å². The molecule has 1 amide bonds. The summed E-state index contributed by atoms with van der Waals surface area (Å²) in [5.41, 5.74) is 7.66. The number of carbonyl (C=O) groups excluding carboxylic acids is 1. The van der Waals surface area contributed by atoms with Crippen LogP contribution in [0.2, 0.25) is 0 Å². The van der Waals surface area contributed by atoms with Crippen molar-refractivity contribution in [1.82, 2.24) is 25.0 Å². The molecule has 0 radical (unpaired) electrons. The molecule has 1 saturated heterocycles. The molecular formula is C28H39N7O3. The van der Waals surface area contributed by atoms with Gasteiger partial charge in [0.25, 0.3) is 0 Å². The zero-order chi connectivity index (χ0) is 27.7. The number of nitrogens with two attached hydrogens (primary N) is 1. The zero-order valence-electron chi connectivity index (χ0n) is 23.4. The minimum Gasteiger partial charge on any atom is -0.444 e.